The van der Waals surface area contributed by atoms with Crippen LogP contribution < -0.4 is 5.32 Å². The van der Waals surface area contributed by atoms with Crippen LogP contribution in [0.3, 0.4) is 0 Å². The zero-order valence-corrected chi connectivity index (χ0v) is 13.6. The molecule has 1 aromatic carbocycles. The number of halogens is 1. The molecule has 0 saturated carbocycles. The summed E-state index contributed by atoms with van der Waals surface area (Å²) in [5, 5.41) is 13.3. The quantitative estimate of drug-likeness (QED) is 0.632. The molecule has 2 unspecified atom stereocenters. The molecule has 0 radical (unpaired) electrons. The van der Waals surface area contributed by atoms with Gasteiger partial charge < -0.3 is 10.4 Å². The molecule has 0 bridgehead atoms. The van der Waals surface area contributed by atoms with Gasteiger partial charge in [0.15, 0.2) is 0 Å². The topological polar surface area (TPSA) is 62.2 Å². The number of nitrogens with zero attached hydrogens (tertiary/aromatic N) is 1. The van der Waals surface area contributed by atoms with Crippen molar-refractivity contribution in [1.82, 2.24) is 10.3 Å². The molecule has 5 heteroatoms. The van der Waals surface area contributed by atoms with Crippen LogP contribution in [0, 0.1) is 0 Å². The maximum atomic E-state index is 11.9. The molecule has 0 spiro atoms. The van der Waals surface area contributed by atoms with E-state index in [4.69, 9.17) is 11.6 Å². The van der Waals surface area contributed by atoms with E-state index in [1.807, 2.05) is 30.3 Å². The Labute approximate surface area is 140 Å². The smallest absolute Gasteiger partial charge is 0.244 e. The highest BCUT2D eigenvalue weighted by atomic mass is 35.5. The molecule has 4 nitrogen and oxygen atoms in total. The van der Waals surface area contributed by atoms with Crippen LogP contribution in [-0.4, -0.2) is 28.1 Å². The molecule has 0 aliphatic rings. The number of aromatic nitrogens is 1. The third-order valence-electron chi connectivity index (χ3n) is 3.41. The lowest BCUT2D eigenvalue weighted by Crippen LogP contribution is -2.41. The summed E-state index contributed by atoms with van der Waals surface area (Å²) in [6.45, 7) is 1.78. The fraction of sp³-hybridized carbons (Fsp3) is 0.222. The average molecular weight is 331 g/mol. The molecule has 23 heavy (non-hydrogen) atoms. The Kier molecular flexibility index (Phi) is 6.32. The number of carbonyl (C=O) groups is 1. The highest BCUT2D eigenvalue weighted by Crippen LogP contribution is 2.08. The molecule has 2 N–H and O–H groups in total. The standard InChI is InChI=1S/C18H19ClN2O2/c1-13(16(22)11-14-5-3-2-4-6-14)21-18(23)10-8-15-7-9-17(19)20-12-15/h2-10,12-13,16,22H,11H2,1H3,(H,21,23)/b10-8+. The van der Waals surface area contributed by atoms with Crippen LogP contribution >= 0.6 is 11.6 Å². The number of pyridine rings is 1. The summed E-state index contributed by atoms with van der Waals surface area (Å²) in [6.07, 6.45) is 4.49. The van der Waals surface area contributed by atoms with Gasteiger partial charge in [0.2, 0.25) is 5.91 Å². The first kappa shape index (κ1) is 17.2. The second kappa shape index (κ2) is 8.46. The first-order valence-electron chi connectivity index (χ1n) is 7.36. The highest BCUT2D eigenvalue weighted by molar-refractivity contribution is 6.29. The van der Waals surface area contributed by atoms with E-state index >= 15 is 0 Å². The van der Waals surface area contributed by atoms with Gasteiger partial charge in [-0.1, -0.05) is 48.0 Å². The Hall–Kier alpha value is -2.17. The van der Waals surface area contributed by atoms with Crippen LogP contribution in [0.5, 0.6) is 0 Å². The Balaban J connectivity index is 1.85. The van der Waals surface area contributed by atoms with Crippen molar-refractivity contribution in [2.24, 2.45) is 0 Å². The fourth-order valence-electron chi connectivity index (χ4n) is 2.06. The minimum absolute atomic E-state index is 0.264. The number of hydrogen-bond donors (Lipinski definition) is 2. The zero-order valence-electron chi connectivity index (χ0n) is 12.8. The Morgan fingerprint density at radius 1 is 1.30 bits per heavy atom. The normalized spacial score (nSPS) is 13.7. The lowest BCUT2D eigenvalue weighted by Gasteiger charge is -2.19. The summed E-state index contributed by atoms with van der Waals surface area (Å²) in [6, 6.07) is 12.8. The van der Waals surface area contributed by atoms with Crippen LogP contribution in [-0.2, 0) is 11.2 Å². The van der Waals surface area contributed by atoms with Crippen molar-refractivity contribution >= 4 is 23.6 Å². The Bertz CT molecular complexity index is 656. The highest BCUT2D eigenvalue weighted by Gasteiger charge is 2.15. The van der Waals surface area contributed by atoms with Gasteiger partial charge in [0.05, 0.1) is 12.1 Å². The predicted octanol–water partition coefficient (Wildman–Crippen LogP) is 2.86. The summed E-state index contributed by atoms with van der Waals surface area (Å²) >= 11 is 5.70. The maximum absolute atomic E-state index is 11.9. The van der Waals surface area contributed by atoms with Gasteiger partial charge in [-0.05, 0) is 30.2 Å². The molecule has 0 aliphatic heterocycles. The van der Waals surface area contributed by atoms with E-state index < -0.39 is 6.10 Å². The molecular formula is C18H19ClN2O2. The fourth-order valence-corrected chi connectivity index (χ4v) is 2.17. The number of hydrogen-bond acceptors (Lipinski definition) is 3. The van der Waals surface area contributed by atoms with E-state index in [1.165, 1.54) is 6.08 Å². The molecule has 0 fully saturated rings. The molecule has 0 saturated heterocycles. The van der Waals surface area contributed by atoms with Crippen molar-refractivity contribution in [3.8, 4) is 0 Å². The third-order valence-corrected chi connectivity index (χ3v) is 3.64. The van der Waals surface area contributed by atoms with Crippen LogP contribution in [0.4, 0.5) is 0 Å². The Morgan fingerprint density at radius 2 is 2.04 bits per heavy atom. The van der Waals surface area contributed by atoms with E-state index in [-0.39, 0.29) is 11.9 Å². The van der Waals surface area contributed by atoms with Gasteiger partial charge in [0.1, 0.15) is 5.15 Å². The third kappa shape index (κ3) is 5.85. The van der Waals surface area contributed by atoms with Gasteiger partial charge in [-0.2, -0.15) is 0 Å². The van der Waals surface area contributed by atoms with Crippen LogP contribution in [0.1, 0.15) is 18.1 Å². The minimum Gasteiger partial charge on any atom is -0.391 e. The first-order chi connectivity index (χ1) is 11.0. The lowest BCUT2D eigenvalue weighted by molar-refractivity contribution is -0.117. The number of aliphatic hydroxyl groups is 1. The second-order valence-corrected chi connectivity index (χ2v) is 5.69. The number of carbonyl (C=O) groups excluding carboxylic acids is 1. The predicted molar refractivity (Wildman–Crippen MR) is 92.0 cm³/mol. The van der Waals surface area contributed by atoms with Crippen molar-refractivity contribution in [3.05, 3.63) is 71.0 Å². The first-order valence-corrected chi connectivity index (χ1v) is 7.74. The van der Waals surface area contributed by atoms with Crippen molar-refractivity contribution in [3.63, 3.8) is 0 Å². The van der Waals surface area contributed by atoms with Crippen molar-refractivity contribution in [2.75, 3.05) is 0 Å². The molecule has 2 atom stereocenters. The number of nitrogens with one attached hydrogen (secondary N) is 1. The SMILES string of the molecule is CC(NC(=O)/C=C/c1ccc(Cl)nc1)C(O)Cc1ccccc1. The van der Waals surface area contributed by atoms with Gasteiger partial charge in [0.25, 0.3) is 0 Å². The largest absolute Gasteiger partial charge is 0.391 e. The molecule has 1 amide bonds. The van der Waals surface area contributed by atoms with Gasteiger partial charge >= 0.3 is 0 Å². The van der Waals surface area contributed by atoms with Gasteiger partial charge in [-0.15, -0.1) is 0 Å². The second-order valence-electron chi connectivity index (χ2n) is 5.30. The number of benzene rings is 1. The van der Waals surface area contributed by atoms with E-state index in [0.29, 0.717) is 11.6 Å². The van der Waals surface area contributed by atoms with Crippen LogP contribution in [0.25, 0.3) is 6.08 Å². The van der Waals surface area contributed by atoms with Crippen molar-refractivity contribution in [1.29, 1.82) is 0 Å². The van der Waals surface area contributed by atoms with Crippen molar-refractivity contribution in [2.45, 2.75) is 25.5 Å². The number of amides is 1. The molecule has 0 aliphatic carbocycles. The van der Waals surface area contributed by atoms with Crippen LogP contribution in [0.2, 0.25) is 5.15 Å². The molecule has 120 valence electrons. The summed E-state index contributed by atoms with van der Waals surface area (Å²) in [5.41, 5.74) is 1.81. The zero-order chi connectivity index (χ0) is 16.7. The summed E-state index contributed by atoms with van der Waals surface area (Å²) in [7, 11) is 0. The molecule has 2 rings (SSSR count). The maximum Gasteiger partial charge on any atom is 0.244 e. The lowest BCUT2D eigenvalue weighted by atomic mass is 10.0. The van der Waals surface area contributed by atoms with Gasteiger partial charge in [-0.25, -0.2) is 4.98 Å². The average Bonchev–Trinajstić information content (AvgIpc) is 2.55. The van der Waals surface area contributed by atoms with Gasteiger partial charge in [0, 0.05) is 18.7 Å². The minimum atomic E-state index is -0.646. The van der Waals surface area contributed by atoms with E-state index in [1.54, 1.807) is 31.3 Å². The number of rotatable bonds is 6. The monoisotopic (exact) mass is 330 g/mol. The van der Waals surface area contributed by atoms with Crippen LogP contribution in [0.15, 0.2) is 54.7 Å². The summed E-state index contributed by atoms with van der Waals surface area (Å²) in [5.74, 6) is -0.264. The summed E-state index contributed by atoms with van der Waals surface area (Å²) < 4.78 is 0. The molecule has 1 aromatic heterocycles. The van der Waals surface area contributed by atoms with Gasteiger partial charge in [-0.3, -0.25) is 4.79 Å². The molecule has 2 aromatic rings. The van der Waals surface area contributed by atoms with E-state index in [0.717, 1.165) is 11.1 Å². The summed E-state index contributed by atoms with van der Waals surface area (Å²) in [4.78, 5) is 15.8. The number of aliphatic hydroxyl groups excluding tert-OH is 1. The van der Waals surface area contributed by atoms with Crippen molar-refractivity contribution < 1.29 is 9.90 Å². The molecule has 1 heterocycles. The van der Waals surface area contributed by atoms with E-state index in [2.05, 4.69) is 10.3 Å². The Morgan fingerprint density at radius 3 is 2.70 bits per heavy atom. The van der Waals surface area contributed by atoms with E-state index in [9.17, 15) is 9.90 Å². The molecular weight excluding hydrogens is 312 g/mol.